The van der Waals surface area contributed by atoms with Crippen molar-refractivity contribution in [3.63, 3.8) is 0 Å². The fraction of sp³-hybridized carbons (Fsp3) is 0.214. The molecule has 21 heavy (non-hydrogen) atoms. The van der Waals surface area contributed by atoms with Crippen molar-refractivity contribution >= 4 is 17.8 Å². The largest absolute Gasteiger partial charge is 0.480 e. The Labute approximate surface area is 121 Å². The van der Waals surface area contributed by atoms with Crippen LogP contribution in [0.4, 0.5) is 0 Å². The minimum Gasteiger partial charge on any atom is -0.480 e. The maximum atomic E-state index is 11.7. The summed E-state index contributed by atoms with van der Waals surface area (Å²) in [6.45, 7) is -0.567. The highest BCUT2D eigenvalue weighted by Crippen LogP contribution is 1.96. The van der Waals surface area contributed by atoms with Gasteiger partial charge in [0.05, 0.1) is 19.6 Å². The first kappa shape index (κ1) is 16.2. The molecule has 0 unspecified atom stereocenters. The molecule has 7 nitrogen and oxygen atoms in total. The smallest absolute Gasteiger partial charge is 0.317 e. The molecule has 0 saturated heterocycles. The van der Waals surface area contributed by atoms with E-state index in [1.54, 1.807) is 30.3 Å². The molecular weight excluding hydrogens is 274 g/mol. The van der Waals surface area contributed by atoms with Crippen LogP contribution < -0.4 is 10.9 Å². The number of carboxylic acids is 1. The Morgan fingerprint density at radius 2 is 1.81 bits per heavy atom. The summed E-state index contributed by atoms with van der Waals surface area (Å²) in [6.07, 6.45) is 5.09. The average molecular weight is 289 g/mol. The zero-order valence-electron chi connectivity index (χ0n) is 11.2. The number of hydrazine groups is 1. The fourth-order valence-electron chi connectivity index (χ4n) is 1.52. The second-order valence-electron chi connectivity index (χ2n) is 4.11. The van der Waals surface area contributed by atoms with Crippen LogP contribution in [0.15, 0.2) is 30.3 Å². The number of carboxylic acid groups (broad SMARTS) is 1. The summed E-state index contributed by atoms with van der Waals surface area (Å²) in [7, 11) is 0. The van der Waals surface area contributed by atoms with Crippen LogP contribution in [0.3, 0.4) is 0 Å². The van der Waals surface area contributed by atoms with Crippen LogP contribution in [0.1, 0.15) is 10.4 Å². The zero-order valence-corrected chi connectivity index (χ0v) is 11.2. The lowest BCUT2D eigenvalue weighted by atomic mass is 10.2. The minimum atomic E-state index is -1.09. The maximum Gasteiger partial charge on any atom is 0.317 e. The van der Waals surface area contributed by atoms with Gasteiger partial charge in [-0.05, 0) is 12.1 Å². The molecule has 1 rings (SSSR count). The normalized spacial score (nSPS) is 9.71. The number of nitrogens with one attached hydrogen (secondary N) is 2. The van der Waals surface area contributed by atoms with Crippen LogP contribution in [0.2, 0.25) is 0 Å². The van der Waals surface area contributed by atoms with Gasteiger partial charge in [0.2, 0.25) is 0 Å². The standard InChI is InChI=1S/C14H15N3O4/c1-2-8-17(10-13(19)20)9-12(18)15-16-14(21)11-6-4-3-5-7-11/h1,3-7H,8-10H2,(H,15,18)(H,16,21)(H,19,20). The first-order chi connectivity index (χ1) is 10.0. The number of carbonyl (C=O) groups is 3. The molecule has 0 aromatic heterocycles. The van der Waals surface area contributed by atoms with Crippen molar-refractivity contribution in [2.24, 2.45) is 0 Å². The third kappa shape index (κ3) is 6.22. The molecule has 0 saturated carbocycles. The van der Waals surface area contributed by atoms with Crippen molar-refractivity contribution in [3.05, 3.63) is 35.9 Å². The van der Waals surface area contributed by atoms with Crippen LogP contribution >= 0.6 is 0 Å². The fourth-order valence-corrected chi connectivity index (χ4v) is 1.52. The number of benzene rings is 1. The van der Waals surface area contributed by atoms with E-state index in [4.69, 9.17) is 11.5 Å². The quantitative estimate of drug-likeness (QED) is 0.483. The summed E-state index contributed by atoms with van der Waals surface area (Å²) in [5.41, 5.74) is 4.83. The Hall–Kier alpha value is -2.85. The molecule has 3 N–H and O–H groups in total. The van der Waals surface area contributed by atoms with Crippen molar-refractivity contribution in [1.82, 2.24) is 15.8 Å². The molecule has 0 aliphatic heterocycles. The number of rotatable bonds is 6. The molecule has 0 aliphatic rings. The van der Waals surface area contributed by atoms with E-state index in [1.807, 2.05) is 0 Å². The van der Waals surface area contributed by atoms with E-state index in [1.165, 1.54) is 4.90 Å². The minimum absolute atomic E-state index is 0.0202. The summed E-state index contributed by atoms with van der Waals surface area (Å²) in [5, 5.41) is 8.68. The average Bonchev–Trinajstić information content (AvgIpc) is 2.45. The topological polar surface area (TPSA) is 98.7 Å². The Morgan fingerprint density at radius 1 is 1.14 bits per heavy atom. The molecule has 7 heteroatoms. The van der Waals surface area contributed by atoms with E-state index < -0.39 is 17.8 Å². The molecule has 0 aliphatic carbocycles. The number of hydrogen-bond donors (Lipinski definition) is 3. The van der Waals surface area contributed by atoms with Gasteiger partial charge in [0.15, 0.2) is 0 Å². The third-order valence-corrected chi connectivity index (χ3v) is 2.39. The van der Waals surface area contributed by atoms with E-state index in [0.29, 0.717) is 5.56 Å². The predicted molar refractivity (Wildman–Crippen MR) is 75.0 cm³/mol. The van der Waals surface area contributed by atoms with Gasteiger partial charge >= 0.3 is 5.97 Å². The van der Waals surface area contributed by atoms with Gasteiger partial charge in [-0.1, -0.05) is 24.1 Å². The molecule has 2 amide bonds. The number of hydrogen-bond acceptors (Lipinski definition) is 4. The van der Waals surface area contributed by atoms with Gasteiger partial charge in [-0.3, -0.25) is 30.1 Å². The molecule has 110 valence electrons. The maximum absolute atomic E-state index is 11.7. The van der Waals surface area contributed by atoms with Gasteiger partial charge in [-0.15, -0.1) is 6.42 Å². The molecule has 0 radical (unpaired) electrons. The number of amides is 2. The van der Waals surface area contributed by atoms with Gasteiger partial charge in [0.1, 0.15) is 0 Å². The highest BCUT2D eigenvalue weighted by molar-refractivity contribution is 5.95. The lowest BCUT2D eigenvalue weighted by Crippen LogP contribution is -2.47. The molecule has 0 heterocycles. The van der Waals surface area contributed by atoms with E-state index in [0.717, 1.165) is 0 Å². The summed E-state index contributed by atoms with van der Waals surface area (Å²) in [6, 6.07) is 8.34. The van der Waals surface area contributed by atoms with Crippen molar-refractivity contribution in [1.29, 1.82) is 0 Å². The Kier molecular flexibility index (Phi) is 6.44. The molecular formula is C14H15N3O4. The zero-order chi connectivity index (χ0) is 15.7. The molecule has 0 bridgehead atoms. The van der Waals surface area contributed by atoms with Crippen molar-refractivity contribution in [2.75, 3.05) is 19.6 Å². The monoisotopic (exact) mass is 289 g/mol. The van der Waals surface area contributed by atoms with Gasteiger partial charge in [0.25, 0.3) is 11.8 Å². The van der Waals surface area contributed by atoms with E-state index >= 15 is 0 Å². The molecule has 0 atom stereocenters. The second-order valence-corrected chi connectivity index (χ2v) is 4.11. The summed E-state index contributed by atoms with van der Waals surface area (Å²) in [5.74, 6) is 0.147. The van der Waals surface area contributed by atoms with Crippen molar-refractivity contribution in [3.8, 4) is 12.3 Å². The number of aliphatic carboxylic acids is 1. The first-order valence-corrected chi connectivity index (χ1v) is 6.04. The van der Waals surface area contributed by atoms with Crippen LogP contribution in [-0.2, 0) is 9.59 Å². The number of carbonyl (C=O) groups excluding carboxylic acids is 2. The lowest BCUT2D eigenvalue weighted by Gasteiger charge is -2.16. The van der Waals surface area contributed by atoms with Gasteiger partial charge in [-0.2, -0.15) is 0 Å². The Balaban J connectivity index is 2.44. The SMILES string of the molecule is C#CCN(CC(=O)O)CC(=O)NNC(=O)c1ccccc1. The highest BCUT2D eigenvalue weighted by atomic mass is 16.4. The number of terminal acetylenes is 1. The van der Waals surface area contributed by atoms with Gasteiger partial charge in [0, 0.05) is 5.56 Å². The molecule has 0 fully saturated rings. The summed E-state index contributed by atoms with van der Waals surface area (Å²) < 4.78 is 0. The Bertz CT molecular complexity index is 551. The molecule has 1 aromatic rings. The predicted octanol–water partition coefficient (Wildman–Crippen LogP) is -0.533. The van der Waals surface area contributed by atoms with Gasteiger partial charge in [-0.25, -0.2) is 0 Å². The van der Waals surface area contributed by atoms with E-state index in [2.05, 4.69) is 16.8 Å². The van der Waals surface area contributed by atoms with Crippen molar-refractivity contribution in [2.45, 2.75) is 0 Å². The van der Waals surface area contributed by atoms with Crippen LogP contribution in [0.5, 0.6) is 0 Å². The first-order valence-electron chi connectivity index (χ1n) is 6.04. The van der Waals surface area contributed by atoms with Crippen LogP contribution in [0, 0.1) is 12.3 Å². The van der Waals surface area contributed by atoms with Crippen LogP contribution in [0.25, 0.3) is 0 Å². The van der Waals surface area contributed by atoms with Gasteiger partial charge < -0.3 is 5.11 Å². The van der Waals surface area contributed by atoms with Crippen LogP contribution in [-0.4, -0.2) is 47.4 Å². The molecule has 0 spiro atoms. The second kappa shape index (κ2) is 8.35. The van der Waals surface area contributed by atoms with E-state index in [9.17, 15) is 14.4 Å². The summed E-state index contributed by atoms with van der Waals surface area (Å²) in [4.78, 5) is 35.2. The molecule has 1 aromatic carbocycles. The van der Waals surface area contributed by atoms with E-state index in [-0.39, 0.29) is 19.6 Å². The third-order valence-electron chi connectivity index (χ3n) is 2.39. The number of nitrogens with zero attached hydrogens (tertiary/aromatic N) is 1. The lowest BCUT2D eigenvalue weighted by molar-refractivity contribution is -0.138. The van der Waals surface area contributed by atoms with Crippen molar-refractivity contribution < 1.29 is 19.5 Å². The Morgan fingerprint density at radius 3 is 2.38 bits per heavy atom. The summed E-state index contributed by atoms with van der Waals surface area (Å²) >= 11 is 0. The highest BCUT2D eigenvalue weighted by Gasteiger charge is 2.13.